The van der Waals surface area contributed by atoms with Crippen LogP contribution >= 0.6 is 0 Å². The predicted octanol–water partition coefficient (Wildman–Crippen LogP) is 3.26. The maximum absolute atomic E-state index is 2.52. The monoisotopic (exact) mass is 189 g/mol. The summed E-state index contributed by atoms with van der Waals surface area (Å²) in [5.74, 6) is 0. The normalized spacial score (nSPS) is 22.8. The van der Waals surface area contributed by atoms with Crippen LogP contribution in [0.15, 0.2) is 35.6 Å². The summed E-state index contributed by atoms with van der Waals surface area (Å²) in [5.41, 5.74) is 2.81. The van der Waals surface area contributed by atoms with Gasteiger partial charge in [0.25, 0.3) is 0 Å². The quantitative estimate of drug-likeness (QED) is 0.612. The highest BCUT2D eigenvalue weighted by Crippen LogP contribution is 2.18. The minimum Gasteiger partial charge on any atom is -0.372 e. The summed E-state index contributed by atoms with van der Waals surface area (Å²) in [6, 6.07) is 0. The predicted molar refractivity (Wildman–Crippen MR) is 61.0 cm³/mol. The summed E-state index contributed by atoms with van der Waals surface area (Å²) in [5, 5.41) is 0. The molecule has 1 aliphatic heterocycles. The van der Waals surface area contributed by atoms with Gasteiger partial charge in [-0.2, -0.15) is 0 Å². The van der Waals surface area contributed by atoms with E-state index in [1.165, 1.54) is 43.6 Å². The van der Waals surface area contributed by atoms with Gasteiger partial charge < -0.3 is 4.90 Å². The SMILES string of the molecule is CC1=CCC=C(N2CCCCC2)C=C1. The van der Waals surface area contributed by atoms with Crippen LogP contribution in [0.4, 0.5) is 0 Å². The largest absolute Gasteiger partial charge is 0.372 e. The molecule has 76 valence electrons. The Morgan fingerprint density at radius 1 is 1.00 bits per heavy atom. The lowest BCUT2D eigenvalue weighted by Gasteiger charge is -2.29. The van der Waals surface area contributed by atoms with E-state index >= 15 is 0 Å². The molecule has 0 aromatic rings. The Morgan fingerprint density at radius 2 is 1.79 bits per heavy atom. The maximum Gasteiger partial charge on any atom is 0.0328 e. The van der Waals surface area contributed by atoms with E-state index in [9.17, 15) is 0 Å². The van der Waals surface area contributed by atoms with Crippen LogP contribution in [0.25, 0.3) is 0 Å². The van der Waals surface area contributed by atoms with Gasteiger partial charge in [-0.25, -0.2) is 0 Å². The Labute approximate surface area is 86.8 Å². The third-order valence-electron chi connectivity index (χ3n) is 3.01. The average molecular weight is 189 g/mol. The van der Waals surface area contributed by atoms with Crippen molar-refractivity contribution < 1.29 is 0 Å². The molecule has 0 atom stereocenters. The van der Waals surface area contributed by atoms with Crippen molar-refractivity contribution in [3.05, 3.63) is 35.6 Å². The smallest absolute Gasteiger partial charge is 0.0328 e. The fourth-order valence-electron chi connectivity index (χ4n) is 2.11. The van der Waals surface area contributed by atoms with Crippen molar-refractivity contribution in [3.8, 4) is 0 Å². The molecule has 14 heavy (non-hydrogen) atoms. The molecule has 2 aliphatic rings. The standard InChI is InChI=1S/C13H19N/c1-12-6-5-7-13(9-8-12)14-10-3-2-4-11-14/h6-9H,2-5,10-11H2,1H3. The zero-order valence-electron chi connectivity index (χ0n) is 9.00. The highest BCUT2D eigenvalue weighted by Gasteiger charge is 2.11. The van der Waals surface area contributed by atoms with E-state index in [2.05, 4.69) is 36.1 Å². The number of hydrogen-bond acceptors (Lipinski definition) is 1. The third kappa shape index (κ3) is 2.28. The molecule has 0 aromatic heterocycles. The van der Waals surface area contributed by atoms with Crippen LogP contribution in [0.2, 0.25) is 0 Å². The van der Waals surface area contributed by atoms with Gasteiger partial charge in [-0.3, -0.25) is 0 Å². The van der Waals surface area contributed by atoms with Gasteiger partial charge in [0.1, 0.15) is 0 Å². The topological polar surface area (TPSA) is 3.24 Å². The van der Waals surface area contributed by atoms with E-state index in [1.807, 2.05) is 0 Å². The number of hydrogen-bond donors (Lipinski definition) is 0. The molecule has 0 spiro atoms. The van der Waals surface area contributed by atoms with Crippen molar-refractivity contribution >= 4 is 0 Å². The van der Waals surface area contributed by atoms with Crippen LogP contribution in [0.5, 0.6) is 0 Å². The minimum absolute atomic E-state index is 1.09. The van der Waals surface area contributed by atoms with Crippen LogP contribution in [-0.2, 0) is 0 Å². The lowest BCUT2D eigenvalue weighted by atomic mass is 10.1. The van der Waals surface area contributed by atoms with E-state index in [4.69, 9.17) is 0 Å². The molecule has 1 heteroatoms. The number of piperidine rings is 1. The van der Waals surface area contributed by atoms with E-state index in [-0.39, 0.29) is 0 Å². The van der Waals surface area contributed by atoms with Crippen LogP contribution in [0, 0.1) is 0 Å². The van der Waals surface area contributed by atoms with Gasteiger partial charge in [0.2, 0.25) is 0 Å². The molecule has 0 unspecified atom stereocenters. The van der Waals surface area contributed by atoms with Crippen LogP contribution in [0.1, 0.15) is 32.6 Å². The van der Waals surface area contributed by atoms with Gasteiger partial charge >= 0.3 is 0 Å². The van der Waals surface area contributed by atoms with Crippen molar-refractivity contribution in [3.63, 3.8) is 0 Å². The zero-order valence-corrected chi connectivity index (χ0v) is 9.00. The maximum atomic E-state index is 2.52. The molecular weight excluding hydrogens is 170 g/mol. The molecule has 0 aromatic carbocycles. The van der Waals surface area contributed by atoms with Crippen LogP contribution < -0.4 is 0 Å². The fraction of sp³-hybridized carbons (Fsp3) is 0.538. The second-order valence-electron chi connectivity index (χ2n) is 4.19. The van der Waals surface area contributed by atoms with Crippen molar-refractivity contribution in [1.82, 2.24) is 4.90 Å². The van der Waals surface area contributed by atoms with Gasteiger partial charge in [0.15, 0.2) is 0 Å². The molecule has 1 aliphatic carbocycles. The van der Waals surface area contributed by atoms with Gasteiger partial charge in [0, 0.05) is 18.8 Å². The molecule has 0 radical (unpaired) electrons. The number of nitrogens with zero attached hydrogens (tertiary/aromatic N) is 1. The Bertz CT molecular complexity index is 278. The first kappa shape index (κ1) is 9.57. The fourth-order valence-corrected chi connectivity index (χ4v) is 2.11. The van der Waals surface area contributed by atoms with Crippen molar-refractivity contribution in [2.75, 3.05) is 13.1 Å². The van der Waals surface area contributed by atoms with Gasteiger partial charge in [-0.1, -0.05) is 23.8 Å². The molecule has 0 N–H and O–H groups in total. The molecular formula is C13H19N. The Hall–Kier alpha value is -0.980. The Morgan fingerprint density at radius 3 is 2.57 bits per heavy atom. The second-order valence-corrected chi connectivity index (χ2v) is 4.19. The second kappa shape index (κ2) is 4.50. The molecule has 1 saturated heterocycles. The van der Waals surface area contributed by atoms with Gasteiger partial charge in [-0.05, 0) is 38.7 Å². The zero-order chi connectivity index (χ0) is 9.80. The summed E-state index contributed by atoms with van der Waals surface area (Å²) in [7, 11) is 0. The van der Waals surface area contributed by atoms with Crippen LogP contribution in [0.3, 0.4) is 0 Å². The summed E-state index contributed by atoms with van der Waals surface area (Å²) in [4.78, 5) is 2.52. The van der Waals surface area contributed by atoms with E-state index in [0.717, 1.165) is 6.42 Å². The van der Waals surface area contributed by atoms with E-state index in [1.54, 1.807) is 0 Å². The van der Waals surface area contributed by atoms with Gasteiger partial charge in [-0.15, -0.1) is 0 Å². The molecule has 0 bridgehead atoms. The summed E-state index contributed by atoms with van der Waals surface area (Å²) in [6.45, 7) is 4.66. The van der Waals surface area contributed by atoms with Crippen molar-refractivity contribution in [2.24, 2.45) is 0 Å². The first-order valence-corrected chi connectivity index (χ1v) is 5.66. The lowest BCUT2D eigenvalue weighted by Crippen LogP contribution is -2.28. The first-order chi connectivity index (χ1) is 6.86. The highest BCUT2D eigenvalue weighted by atomic mass is 15.1. The average Bonchev–Trinajstić information content (AvgIpc) is 2.44. The van der Waals surface area contributed by atoms with E-state index in [0.29, 0.717) is 0 Å². The number of likely N-dealkylation sites (tertiary alicyclic amines) is 1. The van der Waals surface area contributed by atoms with Crippen molar-refractivity contribution in [2.45, 2.75) is 32.6 Å². The molecule has 1 heterocycles. The summed E-state index contributed by atoms with van der Waals surface area (Å²) < 4.78 is 0. The molecule has 2 rings (SSSR count). The lowest BCUT2D eigenvalue weighted by molar-refractivity contribution is 0.292. The molecule has 1 fully saturated rings. The summed E-state index contributed by atoms with van der Waals surface area (Å²) >= 11 is 0. The van der Waals surface area contributed by atoms with E-state index < -0.39 is 0 Å². The highest BCUT2D eigenvalue weighted by molar-refractivity contribution is 5.30. The minimum atomic E-state index is 1.09. The molecule has 1 nitrogen and oxygen atoms in total. The van der Waals surface area contributed by atoms with Gasteiger partial charge in [0.05, 0.1) is 0 Å². The molecule has 0 amide bonds. The summed E-state index contributed by atoms with van der Waals surface area (Å²) in [6.07, 6.45) is 14.3. The number of allylic oxidation sites excluding steroid dienone is 5. The van der Waals surface area contributed by atoms with Crippen LogP contribution in [-0.4, -0.2) is 18.0 Å². The number of rotatable bonds is 1. The van der Waals surface area contributed by atoms with Crippen molar-refractivity contribution in [1.29, 1.82) is 0 Å². The Balaban J connectivity index is 2.03. The molecule has 0 saturated carbocycles. The Kier molecular flexibility index (Phi) is 3.07. The third-order valence-corrected chi connectivity index (χ3v) is 3.01. The first-order valence-electron chi connectivity index (χ1n) is 5.66.